The molecule has 126 valence electrons. The number of esters is 1. The molecular formula is C15H19NO6S. The molecule has 0 radical (unpaired) electrons. The third-order valence-corrected chi connectivity index (χ3v) is 5.01. The highest BCUT2D eigenvalue weighted by Gasteiger charge is 2.28. The van der Waals surface area contributed by atoms with Gasteiger partial charge >= 0.3 is 5.97 Å². The van der Waals surface area contributed by atoms with Gasteiger partial charge in [0.15, 0.2) is 0 Å². The van der Waals surface area contributed by atoms with E-state index in [0.717, 1.165) is 12.8 Å². The van der Waals surface area contributed by atoms with Crippen molar-refractivity contribution >= 4 is 21.9 Å². The molecule has 0 aromatic heterocycles. The zero-order valence-electron chi connectivity index (χ0n) is 13.0. The van der Waals surface area contributed by atoms with Gasteiger partial charge in [-0.3, -0.25) is 9.59 Å². The Morgan fingerprint density at radius 2 is 1.96 bits per heavy atom. The summed E-state index contributed by atoms with van der Waals surface area (Å²) in [6, 6.07) is 4.21. The minimum Gasteiger partial charge on any atom is -0.497 e. The van der Waals surface area contributed by atoms with Gasteiger partial charge in [0.1, 0.15) is 5.75 Å². The zero-order valence-corrected chi connectivity index (χ0v) is 13.8. The lowest BCUT2D eigenvalue weighted by molar-refractivity contribution is -0.139. The summed E-state index contributed by atoms with van der Waals surface area (Å²) in [5.74, 6) is -0.436. The van der Waals surface area contributed by atoms with Crippen LogP contribution in [-0.4, -0.2) is 34.5 Å². The van der Waals surface area contributed by atoms with Crippen molar-refractivity contribution < 1.29 is 27.5 Å². The molecule has 0 spiro atoms. The van der Waals surface area contributed by atoms with E-state index < -0.39 is 21.9 Å². The fourth-order valence-corrected chi connectivity index (χ4v) is 3.36. The molecule has 1 aliphatic carbocycles. The summed E-state index contributed by atoms with van der Waals surface area (Å²) >= 11 is 0. The summed E-state index contributed by atoms with van der Waals surface area (Å²) in [4.78, 5) is 23.1. The predicted octanol–water partition coefficient (Wildman–Crippen LogP) is 1.02. The molecule has 0 atom stereocenters. The van der Waals surface area contributed by atoms with Gasteiger partial charge in [-0.1, -0.05) is 0 Å². The molecule has 1 amide bonds. The summed E-state index contributed by atoms with van der Waals surface area (Å²) in [5.41, 5.74) is 0.211. The first-order chi connectivity index (χ1) is 10.9. The minimum absolute atomic E-state index is 0.132. The third-order valence-electron chi connectivity index (χ3n) is 3.54. The van der Waals surface area contributed by atoms with Crippen molar-refractivity contribution in [1.82, 2.24) is 4.72 Å². The van der Waals surface area contributed by atoms with Crippen LogP contribution < -0.4 is 9.46 Å². The zero-order chi connectivity index (χ0) is 17.0. The average molecular weight is 341 g/mol. The van der Waals surface area contributed by atoms with Crippen LogP contribution in [0.3, 0.4) is 0 Å². The maximum atomic E-state index is 12.4. The maximum absolute atomic E-state index is 12.4. The van der Waals surface area contributed by atoms with E-state index in [9.17, 15) is 18.0 Å². The van der Waals surface area contributed by atoms with Gasteiger partial charge in [0.25, 0.3) is 10.0 Å². The van der Waals surface area contributed by atoms with E-state index in [1.54, 1.807) is 0 Å². The van der Waals surface area contributed by atoms with Crippen molar-refractivity contribution in [2.24, 2.45) is 5.92 Å². The van der Waals surface area contributed by atoms with Gasteiger partial charge in [-0.15, -0.1) is 0 Å². The molecule has 0 heterocycles. The summed E-state index contributed by atoms with van der Waals surface area (Å²) in [6.07, 6.45) is 1.86. The molecule has 1 aromatic carbocycles. The number of sulfonamides is 1. The van der Waals surface area contributed by atoms with Gasteiger partial charge in [-0.25, -0.2) is 13.1 Å². The Labute approximate surface area is 135 Å². The van der Waals surface area contributed by atoms with Crippen LogP contribution in [0.2, 0.25) is 0 Å². The summed E-state index contributed by atoms with van der Waals surface area (Å²) in [7, 11) is -1.40. The van der Waals surface area contributed by atoms with Gasteiger partial charge in [0.2, 0.25) is 5.91 Å². The summed E-state index contributed by atoms with van der Waals surface area (Å²) in [6.45, 7) is 0. The average Bonchev–Trinajstić information content (AvgIpc) is 3.29. The number of carbonyl (C=O) groups is 2. The number of carbonyl (C=O) groups excluding carboxylic acids is 2. The van der Waals surface area contributed by atoms with Crippen molar-refractivity contribution in [3.05, 3.63) is 23.8 Å². The number of nitrogens with one attached hydrogen (secondary N) is 1. The highest BCUT2D eigenvalue weighted by Crippen LogP contribution is 2.32. The molecule has 23 heavy (non-hydrogen) atoms. The van der Waals surface area contributed by atoms with Crippen molar-refractivity contribution in [2.45, 2.75) is 30.6 Å². The summed E-state index contributed by atoms with van der Waals surface area (Å²) in [5, 5.41) is 0. The second-order valence-corrected chi connectivity index (χ2v) is 7.05. The Bertz CT molecular complexity index is 709. The normalized spacial score (nSPS) is 14.2. The number of rotatable bonds is 7. The highest BCUT2D eigenvalue weighted by molar-refractivity contribution is 7.90. The highest BCUT2D eigenvalue weighted by atomic mass is 32.2. The molecule has 0 saturated heterocycles. The summed E-state index contributed by atoms with van der Waals surface area (Å²) < 4.78 is 36.5. The smallest absolute Gasteiger partial charge is 0.310 e. The van der Waals surface area contributed by atoms with Crippen LogP contribution in [0.25, 0.3) is 0 Å². The second kappa shape index (κ2) is 6.99. The lowest BCUT2D eigenvalue weighted by atomic mass is 10.1. The second-order valence-electron chi connectivity index (χ2n) is 5.40. The van der Waals surface area contributed by atoms with Crippen molar-refractivity contribution in [3.63, 3.8) is 0 Å². The number of hydrogen-bond donors (Lipinski definition) is 1. The van der Waals surface area contributed by atoms with E-state index in [1.165, 1.54) is 32.4 Å². The fraction of sp³-hybridized carbons (Fsp3) is 0.467. The molecule has 2 rings (SSSR count). The van der Waals surface area contributed by atoms with Gasteiger partial charge in [0.05, 0.1) is 25.5 Å². The molecule has 1 aromatic rings. The first kappa shape index (κ1) is 17.3. The van der Waals surface area contributed by atoms with Gasteiger partial charge in [-0.2, -0.15) is 0 Å². The van der Waals surface area contributed by atoms with Gasteiger partial charge < -0.3 is 9.47 Å². The van der Waals surface area contributed by atoms with Crippen molar-refractivity contribution in [2.75, 3.05) is 14.2 Å². The molecule has 8 heteroatoms. The molecule has 1 N–H and O–H groups in total. The minimum atomic E-state index is -4.05. The monoisotopic (exact) mass is 341 g/mol. The van der Waals surface area contributed by atoms with E-state index >= 15 is 0 Å². The topological polar surface area (TPSA) is 98.8 Å². The van der Waals surface area contributed by atoms with E-state index in [1.807, 2.05) is 0 Å². The fourth-order valence-electron chi connectivity index (χ4n) is 2.14. The Hall–Kier alpha value is -2.09. The van der Waals surface area contributed by atoms with Crippen LogP contribution in [0.1, 0.15) is 24.8 Å². The number of amides is 1. The standard InChI is InChI=1S/C15H19NO6S/c1-21-12-5-6-13(11(8-12)9-15(18)22-2)23(19,20)16-14(17)7-10-3-4-10/h5-6,8,10H,3-4,7,9H2,1-2H3,(H,16,17). The van der Waals surface area contributed by atoms with Crippen LogP contribution in [0.5, 0.6) is 5.75 Å². The number of hydrogen-bond acceptors (Lipinski definition) is 6. The van der Waals surface area contributed by atoms with Crippen LogP contribution in [0.4, 0.5) is 0 Å². The number of methoxy groups -OCH3 is 2. The molecule has 0 bridgehead atoms. The van der Waals surface area contributed by atoms with E-state index in [2.05, 4.69) is 9.46 Å². The van der Waals surface area contributed by atoms with Crippen molar-refractivity contribution in [3.8, 4) is 5.75 Å². The quantitative estimate of drug-likeness (QED) is 0.743. The lowest BCUT2D eigenvalue weighted by Gasteiger charge is -2.12. The largest absolute Gasteiger partial charge is 0.497 e. The Balaban J connectivity index is 2.27. The van der Waals surface area contributed by atoms with Crippen molar-refractivity contribution in [1.29, 1.82) is 0 Å². The van der Waals surface area contributed by atoms with E-state index in [0.29, 0.717) is 5.75 Å². The SMILES string of the molecule is COC(=O)Cc1cc(OC)ccc1S(=O)(=O)NC(=O)CC1CC1. The molecule has 1 fully saturated rings. The Kier molecular flexibility index (Phi) is 5.25. The van der Waals surface area contributed by atoms with Gasteiger partial charge in [0, 0.05) is 6.42 Å². The van der Waals surface area contributed by atoms with Gasteiger partial charge in [-0.05, 0) is 42.5 Å². The van der Waals surface area contributed by atoms with Crippen LogP contribution >= 0.6 is 0 Å². The first-order valence-corrected chi connectivity index (χ1v) is 8.63. The first-order valence-electron chi connectivity index (χ1n) is 7.15. The maximum Gasteiger partial charge on any atom is 0.310 e. The molecular weight excluding hydrogens is 322 g/mol. The molecule has 7 nitrogen and oxygen atoms in total. The van der Waals surface area contributed by atoms with E-state index in [-0.39, 0.29) is 29.2 Å². The van der Waals surface area contributed by atoms with Crippen LogP contribution in [0.15, 0.2) is 23.1 Å². The molecule has 1 saturated carbocycles. The Morgan fingerprint density at radius 3 is 2.52 bits per heavy atom. The molecule has 1 aliphatic rings. The number of ether oxygens (including phenoxy) is 2. The third kappa shape index (κ3) is 4.69. The predicted molar refractivity (Wildman–Crippen MR) is 81.4 cm³/mol. The Morgan fingerprint density at radius 1 is 1.26 bits per heavy atom. The van der Waals surface area contributed by atoms with Crippen LogP contribution in [0, 0.1) is 5.92 Å². The molecule has 0 unspecified atom stereocenters. The lowest BCUT2D eigenvalue weighted by Crippen LogP contribution is -2.31. The van der Waals surface area contributed by atoms with E-state index in [4.69, 9.17) is 4.74 Å². The number of benzene rings is 1. The molecule has 0 aliphatic heterocycles. The van der Waals surface area contributed by atoms with Crippen LogP contribution in [-0.2, 0) is 30.8 Å².